The van der Waals surface area contributed by atoms with Crippen LogP contribution in [0.25, 0.3) is 4.85 Å². The van der Waals surface area contributed by atoms with Gasteiger partial charge in [0, 0.05) is 35.6 Å². The summed E-state index contributed by atoms with van der Waals surface area (Å²) in [6.07, 6.45) is 0.810. The predicted octanol–water partition coefficient (Wildman–Crippen LogP) is 3.19. The second kappa shape index (κ2) is 11.5. The highest BCUT2D eigenvalue weighted by atomic mass is 79.9. The van der Waals surface area contributed by atoms with E-state index < -0.39 is 26.0 Å². The molecular formula is C19H30BrN4O5P. The van der Waals surface area contributed by atoms with Gasteiger partial charge in [0.15, 0.2) is 0 Å². The SMILES string of the molecule is [C-]#[N+]CCOP(O[C@@H]1C[C@H](n2cc(C)c(=O)[nH]c2=O)O[C@@H]1CBr)N(C(C)C)C(C)C. The average Bonchev–Trinajstić information content (AvgIpc) is 3.06. The van der Waals surface area contributed by atoms with Crippen LogP contribution in [0.2, 0.25) is 0 Å². The van der Waals surface area contributed by atoms with Crippen LogP contribution in [-0.4, -0.2) is 57.0 Å². The van der Waals surface area contributed by atoms with Gasteiger partial charge in [-0.25, -0.2) is 16.0 Å². The number of hydrogen-bond donors (Lipinski definition) is 1. The molecule has 0 spiro atoms. The van der Waals surface area contributed by atoms with E-state index in [2.05, 4.69) is 58.1 Å². The van der Waals surface area contributed by atoms with E-state index in [1.165, 1.54) is 10.8 Å². The van der Waals surface area contributed by atoms with Crippen LogP contribution in [0.1, 0.15) is 45.9 Å². The molecule has 11 heteroatoms. The number of hydrogen-bond acceptors (Lipinski definition) is 6. The molecule has 1 unspecified atom stereocenters. The molecule has 0 radical (unpaired) electrons. The number of nitrogens with zero attached hydrogens (tertiary/aromatic N) is 3. The van der Waals surface area contributed by atoms with Crippen molar-refractivity contribution < 1.29 is 13.8 Å². The molecule has 2 rings (SSSR count). The van der Waals surface area contributed by atoms with Crippen molar-refractivity contribution in [2.45, 2.75) is 71.6 Å². The standard InChI is InChI=1S/C19H30BrN4O5P/c1-12(2)24(13(3)4)30(27-8-7-21-6)29-15-9-17(28-16(15)10-20)23-11-14(5)18(25)22-19(23)26/h11-13,15-17H,7-10H2,1-5H3,(H,22,25,26)/t15-,16-,17-,30?/m1/s1. The molecule has 0 aliphatic carbocycles. The van der Waals surface area contributed by atoms with Gasteiger partial charge in [-0.05, 0) is 34.6 Å². The zero-order valence-electron chi connectivity index (χ0n) is 18.0. The first-order valence-electron chi connectivity index (χ1n) is 9.94. The summed E-state index contributed by atoms with van der Waals surface area (Å²) in [6, 6.07) is 0.378. The number of aromatic amines is 1. The molecule has 1 N–H and O–H groups in total. The third kappa shape index (κ3) is 6.22. The van der Waals surface area contributed by atoms with Crippen molar-refractivity contribution in [2.75, 3.05) is 18.5 Å². The van der Waals surface area contributed by atoms with Gasteiger partial charge in [0.2, 0.25) is 6.54 Å². The molecule has 0 aromatic carbocycles. The number of halogens is 1. The van der Waals surface area contributed by atoms with E-state index in [1.807, 2.05) is 0 Å². The van der Waals surface area contributed by atoms with E-state index in [0.717, 1.165) is 0 Å². The Labute approximate surface area is 186 Å². The topological polar surface area (TPSA) is 90.2 Å². The molecule has 30 heavy (non-hydrogen) atoms. The third-order valence-electron chi connectivity index (χ3n) is 4.67. The van der Waals surface area contributed by atoms with Gasteiger partial charge in [-0.15, -0.1) is 0 Å². The zero-order valence-corrected chi connectivity index (χ0v) is 20.5. The lowest BCUT2D eigenvalue weighted by Crippen LogP contribution is -2.36. The Kier molecular flexibility index (Phi) is 9.67. The minimum atomic E-state index is -1.42. The Bertz CT molecular complexity index is 845. The second-order valence-electron chi connectivity index (χ2n) is 7.66. The fourth-order valence-corrected chi connectivity index (χ4v) is 5.64. The zero-order chi connectivity index (χ0) is 22.4. The molecule has 2 heterocycles. The van der Waals surface area contributed by atoms with Crippen molar-refractivity contribution in [3.05, 3.63) is 44.0 Å². The summed E-state index contributed by atoms with van der Waals surface area (Å²) in [5, 5.41) is 0.528. The van der Waals surface area contributed by atoms with Gasteiger partial charge in [0.05, 0.1) is 12.2 Å². The Morgan fingerprint density at radius 3 is 2.63 bits per heavy atom. The smallest absolute Gasteiger partial charge is 0.330 e. The molecule has 168 valence electrons. The lowest BCUT2D eigenvalue weighted by molar-refractivity contribution is -0.00572. The molecule has 1 aromatic rings. The number of nitrogens with one attached hydrogen (secondary N) is 1. The van der Waals surface area contributed by atoms with Crippen LogP contribution in [0.3, 0.4) is 0 Å². The third-order valence-corrected chi connectivity index (χ3v) is 7.46. The molecule has 0 amide bonds. The van der Waals surface area contributed by atoms with E-state index in [-0.39, 0.29) is 30.8 Å². The fourth-order valence-electron chi connectivity index (χ4n) is 3.33. The van der Waals surface area contributed by atoms with Gasteiger partial charge in [-0.3, -0.25) is 14.3 Å². The van der Waals surface area contributed by atoms with Crippen molar-refractivity contribution in [3.8, 4) is 0 Å². The number of H-pyrrole nitrogens is 1. The molecular weight excluding hydrogens is 475 g/mol. The lowest BCUT2D eigenvalue weighted by atomic mass is 10.2. The summed E-state index contributed by atoms with van der Waals surface area (Å²) in [6.45, 7) is 17.5. The van der Waals surface area contributed by atoms with Crippen molar-refractivity contribution >= 4 is 24.5 Å². The summed E-state index contributed by atoms with van der Waals surface area (Å²) in [4.78, 5) is 29.6. The first-order chi connectivity index (χ1) is 14.2. The van der Waals surface area contributed by atoms with Gasteiger partial charge in [0.25, 0.3) is 14.1 Å². The molecule has 1 fully saturated rings. The van der Waals surface area contributed by atoms with Crippen molar-refractivity contribution in [1.29, 1.82) is 0 Å². The summed E-state index contributed by atoms with van der Waals surface area (Å²) in [5.74, 6) is 0. The number of rotatable bonds is 10. The molecule has 9 nitrogen and oxygen atoms in total. The summed E-state index contributed by atoms with van der Waals surface area (Å²) < 4.78 is 22.0. The monoisotopic (exact) mass is 504 g/mol. The highest BCUT2D eigenvalue weighted by Gasteiger charge is 2.41. The average molecular weight is 505 g/mol. The molecule has 1 saturated heterocycles. The van der Waals surface area contributed by atoms with E-state index >= 15 is 0 Å². The Hall–Kier alpha value is -1.08. The van der Waals surface area contributed by atoms with Gasteiger partial charge in [-0.1, -0.05) is 15.9 Å². The van der Waals surface area contributed by atoms with E-state index in [1.54, 1.807) is 6.92 Å². The highest BCUT2D eigenvalue weighted by molar-refractivity contribution is 9.09. The molecule has 1 aromatic heterocycles. The van der Waals surface area contributed by atoms with Gasteiger partial charge in [0.1, 0.15) is 12.8 Å². The van der Waals surface area contributed by atoms with Crippen LogP contribution in [0.4, 0.5) is 0 Å². The summed E-state index contributed by atoms with van der Waals surface area (Å²) >= 11 is 3.47. The number of aryl methyl sites for hydroxylation is 1. The molecule has 0 saturated carbocycles. The minimum absolute atomic E-state index is 0.189. The molecule has 1 aliphatic rings. The maximum atomic E-state index is 12.3. The number of aromatic nitrogens is 2. The van der Waals surface area contributed by atoms with Gasteiger partial charge in [-0.2, -0.15) is 0 Å². The lowest BCUT2D eigenvalue weighted by Gasteiger charge is -2.37. The van der Waals surface area contributed by atoms with Crippen LogP contribution in [0.5, 0.6) is 0 Å². The Morgan fingerprint density at radius 2 is 2.07 bits per heavy atom. The van der Waals surface area contributed by atoms with Crippen LogP contribution in [-0.2, 0) is 13.8 Å². The van der Waals surface area contributed by atoms with Crippen LogP contribution in [0.15, 0.2) is 15.8 Å². The largest absolute Gasteiger partial charge is 0.351 e. The normalized spacial score (nSPS) is 22.7. The number of alkyl halides is 1. The van der Waals surface area contributed by atoms with Crippen LogP contribution < -0.4 is 11.2 Å². The Balaban J connectivity index is 2.24. The maximum Gasteiger partial charge on any atom is 0.330 e. The van der Waals surface area contributed by atoms with E-state index in [9.17, 15) is 9.59 Å². The van der Waals surface area contributed by atoms with Crippen molar-refractivity contribution in [2.24, 2.45) is 0 Å². The molecule has 4 atom stereocenters. The van der Waals surface area contributed by atoms with Crippen LogP contribution in [0, 0.1) is 13.5 Å². The number of ether oxygens (including phenoxy) is 1. The fraction of sp³-hybridized carbons (Fsp3) is 0.737. The second-order valence-corrected chi connectivity index (χ2v) is 9.72. The predicted molar refractivity (Wildman–Crippen MR) is 120 cm³/mol. The highest BCUT2D eigenvalue weighted by Crippen LogP contribution is 2.49. The maximum absolute atomic E-state index is 12.3. The van der Waals surface area contributed by atoms with Crippen LogP contribution >= 0.6 is 24.5 Å². The van der Waals surface area contributed by atoms with Gasteiger partial charge < -0.3 is 18.6 Å². The first-order valence-corrected chi connectivity index (χ1v) is 12.2. The van der Waals surface area contributed by atoms with E-state index in [0.29, 0.717) is 23.9 Å². The summed E-state index contributed by atoms with van der Waals surface area (Å²) in [7, 11) is -1.42. The van der Waals surface area contributed by atoms with E-state index in [4.69, 9.17) is 20.4 Å². The molecule has 1 aliphatic heterocycles. The molecule has 0 bridgehead atoms. The quantitative estimate of drug-likeness (QED) is 0.228. The van der Waals surface area contributed by atoms with Gasteiger partial charge >= 0.3 is 5.69 Å². The van der Waals surface area contributed by atoms with Crippen molar-refractivity contribution in [1.82, 2.24) is 14.2 Å². The summed E-state index contributed by atoms with van der Waals surface area (Å²) in [5.41, 5.74) is -0.472. The first kappa shape index (κ1) is 25.2. The Morgan fingerprint density at radius 1 is 1.40 bits per heavy atom. The minimum Gasteiger partial charge on any atom is -0.351 e. The van der Waals surface area contributed by atoms with Crippen molar-refractivity contribution in [3.63, 3.8) is 0 Å².